The van der Waals surface area contributed by atoms with Gasteiger partial charge in [-0.15, -0.1) is 0 Å². The highest BCUT2D eigenvalue weighted by atomic mass is 79.9. The number of anilines is 1. The van der Waals surface area contributed by atoms with Gasteiger partial charge in [-0.1, -0.05) is 52.3 Å². The van der Waals surface area contributed by atoms with Gasteiger partial charge in [-0.05, 0) is 30.2 Å². The van der Waals surface area contributed by atoms with Crippen LogP contribution in [0.4, 0.5) is 5.69 Å². The SMILES string of the molecule is CC(Nc1ccccc1CC(N)=O)c1ccccc1Br. The van der Waals surface area contributed by atoms with Crippen molar-refractivity contribution < 1.29 is 4.79 Å². The fourth-order valence-corrected chi connectivity index (χ4v) is 2.77. The summed E-state index contributed by atoms with van der Waals surface area (Å²) in [5, 5.41) is 3.44. The number of primary amides is 1. The van der Waals surface area contributed by atoms with Crippen LogP contribution in [0.3, 0.4) is 0 Å². The molecule has 0 heterocycles. The van der Waals surface area contributed by atoms with E-state index in [1.165, 1.54) is 5.56 Å². The van der Waals surface area contributed by atoms with E-state index < -0.39 is 0 Å². The minimum Gasteiger partial charge on any atom is -0.378 e. The van der Waals surface area contributed by atoms with Crippen molar-refractivity contribution in [2.24, 2.45) is 5.73 Å². The normalized spacial score (nSPS) is 11.9. The summed E-state index contributed by atoms with van der Waals surface area (Å²) in [5.41, 5.74) is 8.31. The molecule has 3 N–H and O–H groups in total. The molecule has 0 saturated carbocycles. The Morgan fingerprint density at radius 1 is 1.20 bits per heavy atom. The lowest BCUT2D eigenvalue weighted by atomic mass is 10.1. The van der Waals surface area contributed by atoms with Crippen molar-refractivity contribution in [3.05, 3.63) is 64.1 Å². The molecule has 4 heteroatoms. The van der Waals surface area contributed by atoms with Gasteiger partial charge in [0.05, 0.1) is 6.42 Å². The van der Waals surface area contributed by atoms with Gasteiger partial charge in [-0.3, -0.25) is 4.79 Å². The van der Waals surface area contributed by atoms with E-state index in [0.717, 1.165) is 15.7 Å². The molecule has 2 rings (SSSR count). The highest BCUT2D eigenvalue weighted by Gasteiger charge is 2.11. The van der Waals surface area contributed by atoms with Crippen LogP contribution >= 0.6 is 15.9 Å². The maximum atomic E-state index is 11.1. The van der Waals surface area contributed by atoms with Crippen LogP contribution in [-0.4, -0.2) is 5.91 Å². The van der Waals surface area contributed by atoms with E-state index in [1.807, 2.05) is 42.5 Å². The lowest BCUT2D eigenvalue weighted by Gasteiger charge is -2.19. The Morgan fingerprint density at radius 2 is 1.85 bits per heavy atom. The second-order valence-electron chi connectivity index (χ2n) is 4.69. The van der Waals surface area contributed by atoms with Gasteiger partial charge in [0.15, 0.2) is 0 Å². The summed E-state index contributed by atoms with van der Waals surface area (Å²) in [5.74, 6) is -0.326. The van der Waals surface area contributed by atoms with Gasteiger partial charge in [0.2, 0.25) is 5.91 Å². The largest absolute Gasteiger partial charge is 0.378 e. The standard InChI is InChI=1S/C16H17BrN2O/c1-11(13-7-3-4-8-14(13)17)19-15-9-5-2-6-12(15)10-16(18)20/h2-9,11,19H,10H2,1H3,(H2,18,20). The van der Waals surface area contributed by atoms with Crippen molar-refractivity contribution in [1.82, 2.24) is 0 Å². The summed E-state index contributed by atoms with van der Waals surface area (Å²) in [4.78, 5) is 11.1. The molecule has 3 nitrogen and oxygen atoms in total. The van der Waals surface area contributed by atoms with Gasteiger partial charge in [0.25, 0.3) is 0 Å². The number of nitrogens with one attached hydrogen (secondary N) is 1. The molecule has 1 unspecified atom stereocenters. The second kappa shape index (κ2) is 6.57. The molecule has 20 heavy (non-hydrogen) atoms. The number of carbonyl (C=O) groups is 1. The Labute approximate surface area is 127 Å². The van der Waals surface area contributed by atoms with E-state index in [-0.39, 0.29) is 18.4 Å². The number of amides is 1. The van der Waals surface area contributed by atoms with Gasteiger partial charge in [0, 0.05) is 16.2 Å². The summed E-state index contributed by atoms with van der Waals surface area (Å²) < 4.78 is 1.06. The lowest BCUT2D eigenvalue weighted by Crippen LogP contribution is -2.16. The molecule has 2 aromatic carbocycles. The van der Waals surface area contributed by atoms with Gasteiger partial charge in [-0.2, -0.15) is 0 Å². The molecule has 0 aromatic heterocycles. The van der Waals surface area contributed by atoms with Gasteiger partial charge in [0.1, 0.15) is 0 Å². The highest BCUT2D eigenvalue weighted by Crippen LogP contribution is 2.27. The number of rotatable bonds is 5. The molecular formula is C16H17BrN2O. The smallest absolute Gasteiger partial charge is 0.221 e. The lowest BCUT2D eigenvalue weighted by molar-refractivity contribution is -0.117. The van der Waals surface area contributed by atoms with Crippen LogP contribution in [0, 0.1) is 0 Å². The first-order valence-electron chi connectivity index (χ1n) is 6.45. The Balaban J connectivity index is 2.22. The predicted octanol–water partition coefficient (Wildman–Crippen LogP) is 3.65. The van der Waals surface area contributed by atoms with Crippen LogP contribution in [0.15, 0.2) is 53.0 Å². The second-order valence-corrected chi connectivity index (χ2v) is 5.54. The first kappa shape index (κ1) is 14.6. The Bertz CT molecular complexity index is 613. The minimum absolute atomic E-state index is 0.125. The van der Waals surface area contributed by atoms with Crippen molar-refractivity contribution in [3.63, 3.8) is 0 Å². The molecular weight excluding hydrogens is 316 g/mol. The number of benzene rings is 2. The van der Waals surface area contributed by atoms with Crippen LogP contribution in [0.2, 0.25) is 0 Å². The molecule has 1 amide bonds. The van der Waals surface area contributed by atoms with E-state index in [4.69, 9.17) is 5.73 Å². The van der Waals surface area contributed by atoms with Crippen molar-refractivity contribution >= 4 is 27.5 Å². The fraction of sp³-hybridized carbons (Fsp3) is 0.188. The molecule has 0 aliphatic heterocycles. The van der Waals surface area contributed by atoms with Crippen molar-refractivity contribution in [3.8, 4) is 0 Å². The van der Waals surface area contributed by atoms with Crippen LogP contribution in [0.5, 0.6) is 0 Å². The summed E-state index contributed by atoms with van der Waals surface area (Å²) >= 11 is 3.55. The molecule has 0 spiro atoms. The number of carbonyl (C=O) groups excluding carboxylic acids is 1. The first-order chi connectivity index (χ1) is 9.58. The predicted molar refractivity (Wildman–Crippen MR) is 85.5 cm³/mol. The number of halogens is 1. The fourth-order valence-electron chi connectivity index (χ4n) is 2.14. The molecule has 0 aliphatic rings. The van der Waals surface area contributed by atoms with E-state index in [0.29, 0.717) is 0 Å². The molecule has 2 aromatic rings. The van der Waals surface area contributed by atoms with E-state index in [2.05, 4.69) is 34.2 Å². The summed E-state index contributed by atoms with van der Waals surface area (Å²) in [6.07, 6.45) is 0.242. The molecule has 0 saturated heterocycles. The summed E-state index contributed by atoms with van der Waals surface area (Å²) in [6, 6.07) is 15.9. The molecule has 104 valence electrons. The monoisotopic (exact) mass is 332 g/mol. The zero-order chi connectivity index (χ0) is 14.5. The zero-order valence-electron chi connectivity index (χ0n) is 11.3. The van der Waals surface area contributed by atoms with Crippen LogP contribution in [-0.2, 0) is 11.2 Å². The average molecular weight is 333 g/mol. The summed E-state index contributed by atoms with van der Waals surface area (Å²) in [6.45, 7) is 2.08. The third-order valence-electron chi connectivity index (χ3n) is 3.13. The zero-order valence-corrected chi connectivity index (χ0v) is 12.9. The van der Waals surface area contributed by atoms with Crippen molar-refractivity contribution in [2.75, 3.05) is 5.32 Å². The molecule has 0 aliphatic carbocycles. The van der Waals surface area contributed by atoms with Gasteiger partial charge >= 0.3 is 0 Å². The summed E-state index contributed by atoms with van der Waals surface area (Å²) in [7, 11) is 0. The quantitative estimate of drug-likeness (QED) is 0.877. The first-order valence-corrected chi connectivity index (χ1v) is 7.24. The number of hydrogen-bond donors (Lipinski definition) is 2. The van der Waals surface area contributed by atoms with E-state index in [1.54, 1.807) is 0 Å². The van der Waals surface area contributed by atoms with Crippen molar-refractivity contribution in [1.29, 1.82) is 0 Å². The Kier molecular flexibility index (Phi) is 4.79. The third kappa shape index (κ3) is 3.61. The maximum Gasteiger partial charge on any atom is 0.221 e. The van der Waals surface area contributed by atoms with Crippen molar-refractivity contribution in [2.45, 2.75) is 19.4 Å². The average Bonchev–Trinajstić information content (AvgIpc) is 2.41. The van der Waals surface area contributed by atoms with Crippen LogP contribution in [0.1, 0.15) is 24.1 Å². The molecule has 0 bridgehead atoms. The Morgan fingerprint density at radius 3 is 2.55 bits per heavy atom. The number of nitrogens with two attached hydrogens (primary N) is 1. The maximum absolute atomic E-state index is 11.1. The number of hydrogen-bond acceptors (Lipinski definition) is 2. The molecule has 0 fully saturated rings. The highest BCUT2D eigenvalue weighted by molar-refractivity contribution is 9.10. The topological polar surface area (TPSA) is 55.1 Å². The van der Waals surface area contributed by atoms with Gasteiger partial charge < -0.3 is 11.1 Å². The van der Waals surface area contributed by atoms with Crippen LogP contribution in [0.25, 0.3) is 0 Å². The van der Waals surface area contributed by atoms with Crippen LogP contribution < -0.4 is 11.1 Å². The molecule has 1 atom stereocenters. The van der Waals surface area contributed by atoms with E-state index in [9.17, 15) is 4.79 Å². The molecule has 0 radical (unpaired) electrons. The number of para-hydroxylation sites is 1. The van der Waals surface area contributed by atoms with Gasteiger partial charge in [-0.25, -0.2) is 0 Å². The Hall–Kier alpha value is -1.81. The van der Waals surface area contributed by atoms with E-state index >= 15 is 0 Å². The third-order valence-corrected chi connectivity index (χ3v) is 3.85. The minimum atomic E-state index is -0.326.